The Morgan fingerprint density at radius 3 is 2.21 bits per heavy atom. The Balaban J connectivity index is 2.05. The molecule has 33 heavy (non-hydrogen) atoms. The van der Waals surface area contributed by atoms with Crippen LogP contribution in [0.4, 0.5) is 0 Å². The van der Waals surface area contributed by atoms with Crippen molar-refractivity contribution in [1.29, 1.82) is 0 Å². The minimum absolute atomic E-state index is 0.0127. The zero-order chi connectivity index (χ0) is 24.4. The molecule has 2 aromatic rings. The van der Waals surface area contributed by atoms with Gasteiger partial charge in [0.05, 0.1) is 13.7 Å². The fraction of sp³-hybridized carbons (Fsp3) is 0.440. The molecular weight excluding hydrogens is 463 g/mol. The maximum absolute atomic E-state index is 13.2. The van der Waals surface area contributed by atoms with Gasteiger partial charge in [-0.05, 0) is 63.1 Å². The van der Waals surface area contributed by atoms with E-state index in [0.29, 0.717) is 34.4 Å². The van der Waals surface area contributed by atoms with Gasteiger partial charge in [0.2, 0.25) is 11.8 Å². The van der Waals surface area contributed by atoms with Gasteiger partial charge in [-0.1, -0.05) is 36.2 Å². The Kier molecular flexibility index (Phi) is 10.8. The number of ether oxygens (including phenoxy) is 2. The van der Waals surface area contributed by atoms with E-state index in [0.717, 1.165) is 12.2 Å². The minimum Gasteiger partial charge on any atom is -0.497 e. The van der Waals surface area contributed by atoms with Crippen LogP contribution in [0.25, 0.3) is 0 Å². The lowest BCUT2D eigenvalue weighted by Gasteiger charge is -2.30. The average Bonchev–Trinajstić information content (AvgIpc) is 2.81. The van der Waals surface area contributed by atoms with Crippen LogP contribution in [0, 0.1) is 0 Å². The van der Waals surface area contributed by atoms with E-state index in [-0.39, 0.29) is 30.8 Å². The summed E-state index contributed by atoms with van der Waals surface area (Å²) in [6.07, 6.45) is 1.52. The number of rotatable bonds is 12. The first-order valence-corrected chi connectivity index (χ1v) is 11.8. The molecule has 180 valence electrons. The zero-order valence-corrected chi connectivity index (χ0v) is 21.1. The minimum atomic E-state index is -0.679. The predicted octanol–water partition coefficient (Wildman–Crippen LogP) is 5.49. The van der Waals surface area contributed by atoms with E-state index >= 15 is 0 Å². The van der Waals surface area contributed by atoms with Gasteiger partial charge in [0.1, 0.15) is 17.5 Å². The summed E-state index contributed by atoms with van der Waals surface area (Å²) in [6.45, 7) is 6.15. The van der Waals surface area contributed by atoms with Crippen LogP contribution in [0.1, 0.15) is 45.6 Å². The van der Waals surface area contributed by atoms with E-state index in [9.17, 15) is 9.59 Å². The van der Waals surface area contributed by atoms with E-state index in [1.54, 1.807) is 32.2 Å². The highest BCUT2D eigenvalue weighted by Gasteiger charge is 2.27. The standard InChI is InChI=1S/C25H32Cl2N2O4/c1-5-17(2)28-25(31)18(3)29(16-21-22(26)8-6-9-23(21)27)24(30)10-7-15-33-20-13-11-19(32-4)12-14-20/h6,8-9,11-14,17-18H,5,7,10,15-16H2,1-4H3,(H,28,31)/t17-,18-/m1/s1. The van der Waals surface area contributed by atoms with Crippen LogP contribution in [0.3, 0.4) is 0 Å². The summed E-state index contributed by atoms with van der Waals surface area (Å²) in [7, 11) is 1.60. The van der Waals surface area contributed by atoms with Crippen molar-refractivity contribution >= 4 is 35.0 Å². The molecule has 0 fully saturated rings. The Bertz CT molecular complexity index is 901. The van der Waals surface area contributed by atoms with E-state index in [1.807, 2.05) is 38.1 Å². The molecule has 0 aromatic heterocycles. The summed E-state index contributed by atoms with van der Waals surface area (Å²) in [5, 5.41) is 3.86. The summed E-state index contributed by atoms with van der Waals surface area (Å²) in [4.78, 5) is 27.5. The van der Waals surface area contributed by atoms with Crippen LogP contribution in [-0.4, -0.2) is 42.5 Å². The number of carbonyl (C=O) groups excluding carboxylic acids is 2. The van der Waals surface area contributed by atoms with Crippen LogP contribution in [0.5, 0.6) is 11.5 Å². The van der Waals surface area contributed by atoms with Crippen molar-refractivity contribution in [2.45, 2.75) is 58.7 Å². The van der Waals surface area contributed by atoms with E-state index in [1.165, 1.54) is 4.90 Å². The molecule has 0 heterocycles. The van der Waals surface area contributed by atoms with Crippen molar-refractivity contribution in [3.8, 4) is 11.5 Å². The van der Waals surface area contributed by atoms with Gasteiger partial charge >= 0.3 is 0 Å². The van der Waals surface area contributed by atoms with Crippen molar-refractivity contribution in [3.63, 3.8) is 0 Å². The Labute approximate surface area is 206 Å². The number of halogens is 2. The van der Waals surface area contributed by atoms with Gasteiger partial charge in [-0.25, -0.2) is 0 Å². The van der Waals surface area contributed by atoms with Gasteiger partial charge in [-0.3, -0.25) is 9.59 Å². The number of methoxy groups -OCH3 is 1. The summed E-state index contributed by atoms with van der Waals surface area (Å²) in [6, 6.07) is 11.8. The molecule has 0 aliphatic heterocycles. The second-order valence-electron chi connectivity index (χ2n) is 7.84. The summed E-state index contributed by atoms with van der Waals surface area (Å²) >= 11 is 12.7. The van der Waals surface area contributed by atoms with Crippen molar-refractivity contribution in [2.24, 2.45) is 0 Å². The number of nitrogens with one attached hydrogen (secondary N) is 1. The van der Waals surface area contributed by atoms with Gasteiger partial charge in [0, 0.05) is 34.6 Å². The maximum Gasteiger partial charge on any atom is 0.242 e. The quantitative estimate of drug-likeness (QED) is 0.396. The van der Waals surface area contributed by atoms with Gasteiger partial charge < -0.3 is 19.7 Å². The predicted molar refractivity (Wildman–Crippen MR) is 132 cm³/mol. The number of amides is 2. The molecule has 2 rings (SSSR count). The summed E-state index contributed by atoms with van der Waals surface area (Å²) < 4.78 is 10.9. The van der Waals surface area contributed by atoms with Crippen molar-refractivity contribution in [2.75, 3.05) is 13.7 Å². The molecule has 1 N–H and O–H groups in total. The van der Waals surface area contributed by atoms with E-state index < -0.39 is 6.04 Å². The molecule has 0 radical (unpaired) electrons. The number of nitrogens with zero attached hydrogens (tertiary/aromatic N) is 1. The molecule has 0 aliphatic carbocycles. The van der Waals surface area contributed by atoms with Gasteiger partial charge in [-0.2, -0.15) is 0 Å². The number of carbonyl (C=O) groups is 2. The lowest BCUT2D eigenvalue weighted by atomic mass is 10.1. The Morgan fingerprint density at radius 1 is 1.03 bits per heavy atom. The highest BCUT2D eigenvalue weighted by Crippen LogP contribution is 2.27. The molecule has 0 saturated carbocycles. The highest BCUT2D eigenvalue weighted by atomic mass is 35.5. The molecule has 2 amide bonds. The molecule has 8 heteroatoms. The summed E-state index contributed by atoms with van der Waals surface area (Å²) in [5.41, 5.74) is 0.617. The maximum atomic E-state index is 13.2. The van der Waals surface area contributed by atoms with E-state index in [4.69, 9.17) is 32.7 Å². The molecular formula is C25H32Cl2N2O4. The van der Waals surface area contributed by atoms with Gasteiger partial charge in [0.15, 0.2) is 0 Å². The van der Waals surface area contributed by atoms with Crippen LogP contribution in [0.2, 0.25) is 10.0 Å². The van der Waals surface area contributed by atoms with Crippen molar-refractivity contribution < 1.29 is 19.1 Å². The third-order valence-corrected chi connectivity index (χ3v) is 6.13. The van der Waals surface area contributed by atoms with Crippen LogP contribution in [0.15, 0.2) is 42.5 Å². The largest absolute Gasteiger partial charge is 0.497 e. The Morgan fingerprint density at radius 2 is 1.64 bits per heavy atom. The third-order valence-electron chi connectivity index (χ3n) is 5.42. The molecule has 2 atom stereocenters. The van der Waals surface area contributed by atoms with Crippen LogP contribution in [-0.2, 0) is 16.1 Å². The molecule has 2 aromatic carbocycles. The molecule has 0 saturated heterocycles. The normalized spacial score (nSPS) is 12.5. The highest BCUT2D eigenvalue weighted by molar-refractivity contribution is 6.36. The lowest BCUT2D eigenvalue weighted by molar-refractivity contribution is -0.141. The van der Waals surface area contributed by atoms with Crippen LogP contribution < -0.4 is 14.8 Å². The SMILES string of the molecule is CC[C@@H](C)NC(=O)[C@@H](C)N(Cc1c(Cl)cccc1Cl)C(=O)CCCOc1ccc(OC)cc1. The van der Waals surface area contributed by atoms with Crippen molar-refractivity contribution in [1.82, 2.24) is 10.2 Å². The van der Waals surface area contributed by atoms with E-state index in [2.05, 4.69) is 5.32 Å². The summed E-state index contributed by atoms with van der Waals surface area (Å²) in [5.74, 6) is 1.06. The second kappa shape index (κ2) is 13.3. The van der Waals surface area contributed by atoms with Crippen LogP contribution >= 0.6 is 23.2 Å². The average molecular weight is 495 g/mol. The Hall–Kier alpha value is -2.44. The lowest BCUT2D eigenvalue weighted by Crippen LogP contribution is -2.49. The number of hydrogen-bond donors (Lipinski definition) is 1. The van der Waals surface area contributed by atoms with Crippen molar-refractivity contribution in [3.05, 3.63) is 58.1 Å². The molecule has 0 spiro atoms. The number of benzene rings is 2. The first kappa shape index (κ1) is 26.8. The third kappa shape index (κ3) is 8.13. The number of hydrogen-bond acceptors (Lipinski definition) is 4. The topological polar surface area (TPSA) is 67.9 Å². The first-order chi connectivity index (χ1) is 15.8. The zero-order valence-electron chi connectivity index (χ0n) is 19.6. The molecule has 6 nitrogen and oxygen atoms in total. The smallest absolute Gasteiger partial charge is 0.242 e. The second-order valence-corrected chi connectivity index (χ2v) is 8.66. The fourth-order valence-electron chi connectivity index (χ4n) is 3.13. The van der Waals surface area contributed by atoms with Gasteiger partial charge in [0.25, 0.3) is 0 Å². The monoisotopic (exact) mass is 494 g/mol. The first-order valence-electron chi connectivity index (χ1n) is 11.1. The molecule has 0 aliphatic rings. The van der Waals surface area contributed by atoms with Gasteiger partial charge in [-0.15, -0.1) is 0 Å². The fourth-order valence-corrected chi connectivity index (χ4v) is 3.65. The molecule has 0 unspecified atom stereocenters. The molecule has 0 bridgehead atoms.